The number of hydrogen-bond acceptors (Lipinski definition) is 6. The molecule has 0 spiro atoms. The molecule has 1 N–H and O–H groups in total. The van der Waals surface area contributed by atoms with Crippen molar-refractivity contribution in [1.29, 1.82) is 0 Å². The van der Waals surface area contributed by atoms with Crippen molar-refractivity contribution in [3.8, 4) is 27.7 Å². The van der Waals surface area contributed by atoms with Crippen LogP contribution in [0.4, 0.5) is 0 Å². The van der Waals surface area contributed by atoms with Gasteiger partial charge < -0.3 is 19.3 Å². The number of carboxylic acids is 1. The first-order valence-corrected chi connectivity index (χ1v) is 10.7. The summed E-state index contributed by atoms with van der Waals surface area (Å²) in [5.74, 6) is -0.00941. The van der Waals surface area contributed by atoms with Crippen molar-refractivity contribution in [3.05, 3.63) is 71.1 Å². The van der Waals surface area contributed by atoms with E-state index in [0.717, 1.165) is 16.0 Å². The number of rotatable bonds is 9. The van der Waals surface area contributed by atoms with Crippen LogP contribution in [0.2, 0.25) is 0 Å². The molecule has 0 aliphatic carbocycles. The Labute approximate surface area is 190 Å². The maximum absolute atomic E-state index is 12.9. The van der Waals surface area contributed by atoms with Gasteiger partial charge in [-0.05, 0) is 61.2 Å². The lowest BCUT2D eigenvalue weighted by atomic mass is 10.0. The van der Waals surface area contributed by atoms with Crippen LogP contribution in [0.15, 0.2) is 60.0 Å². The highest BCUT2D eigenvalue weighted by atomic mass is 32.1. The summed E-state index contributed by atoms with van der Waals surface area (Å²) in [4.78, 5) is 25.3. The molecule has 166 valence electrons. The molecule has 3 rings (SSSR count). The van der Waals surface area contributed by atoms with E-state index in [1.807, 2.05) is 23.6 Å². The van der Waals surface area contributed by atoms with Gasteiger partial charge in [-0.25, -0.2) is 4.79 Å². The van der Waals surface area contributed by atoms with Crippen LogP contribution in [-0.4, -0.2) is 36.7 Å². The lowest BCUT2D eigenvalue weighted by molar-refractivity contribution is -0.152. The zero-order valence-corrected chi connectivity index (χ0v) is 19.1. The molecule has 0 saturated carbocycles. The Kier molecular flexibility index (Phi) is 7.00. The quantitative estimate of drug-likeness (QED) is 0.338. The first-order chi connectivity index (χ1) is 15.3. The second-order valence-electron chi connectivity index (χ2n) is 7.39. The van der Waals surface area contributed by atoms with Crippen LogP contribution >= 0.6 is 11.3 Å². The zero-order valence-electron chi connectivity index (χ0n) is 18.2. The number of hydrogen-bond donors (Lipinski definition) is 1. The lowest BCUT2D eigenvalue weighted by Crippen LogP contribution is -2.38. The number of carbonyl (C=O) groups excluding carboxylic acids is 1. The van der Waals surface area contributed by atoms with E-state index in [9.17, 15) is 14.7 Å². The molecule has 0 aliphatic rings. The molecule has 32 heavy (non-hydrogen) atoms. The highest BCUT2D eigenvalue weighted by Crippen LogP contribution is 2.36. The van der Waals surface area contributed by atoms with Crippen molar-refractivity contribution < 1.29 is 28.9 Å². The summed E-state index contributed by atoms with van der Waals surface area (Å²) in [5, 5.41) is 11.4. The number of methoxy groups -OCH3 is 2. The third kappa shape index (κ3) is 5.00. The van der Waals surface area contributed by atoms with Gasteiger partial charge in [0.25, 0.3) is 0 Å². The fraction of sp³-hybridized carbons (Fsp3) is 0.200. The van der Waals surface area contributed by atoms with Crippen LogP contribution in [0.1, 0.15) is 29.8 Å². The third-order valence-electron chi connectivity index (χ3n) is 4.77. The minimum Gasteiger partial charge on any atom is -0.496 e. The minimum atomic E-state index is -1.39. The van der Waals surface area contributed by atoms with Crippen LogP contribution in [-0.2, 0) is 4.79 Å². The van der Waals surface area contributed by atoms with Gasteiger partial charge in [0.1, 0.15) is 22.8 Å². The molecule has 1 aromatic heterocycles. The van der Waals surface area contributed by atoms with E-state index < -0.39 is 11.6 Å². The first kappa shape index (κ1) is 23.1. The number of allylic oxidation sites excluding steroid dienone is 1. The number of benzene rings is 2. The van der Waals surface area contributed by atoms with Crippen molar-refractivity contribution in [2.75, 3.05) is 14.2 Å². The fourth-order valence-electron chi connectivity index (χ4n) is 3.03. The number of aliphatic carboxylic acids is 1. The first-order valence-electron chi connectivity index (χ1n) is 9.80. The summed E-state index contributed by atoms with van der Waals surface area (Å²) in [7, 11) is 3.00. The number of carboxylic acid groups (broad SMARTS) is 1. The Hall–Kier alpha value is -3.58. The lowest BCUT2D eigenvalue weighted by Gasteiger charge is -2.23. The molecule has 0 radical (unpaired) electrons. The summed E-state index contributed by atoms with van der Waals surface area (Å²) in [5.41, 5.74) is 0.463. The summed E-state index contributed by atoms with van der Waals surface area (Å²) in [6, 6.07) is 14.3. The maximum atomic E-state index is 12.9. The van der Waals surface area contributed by atoms with Crippen molar-refractivity contribution in [2.24, 2.45) is 0 Å². The van der Waals surface area contributed by atoms with Gasteiger partial charge in [-0.2, -0.15) is 0 Å². The van der Waals surface area contributed by atoms with Crippen molar-refractivity contribution in [3.63, 3.8) is 0 Å². The van der Waals surface area contributed by atoms with Gasteiger partial charge in [0.05, 0.1) is 14.2 Å². The van der Waals surface area contributed by atoms with Gasteiger partial charge in [-0.1, -0.05) is 24.3 Å². The maximum Gasteiger partial charge on any atom is 0.347 e. The van der Waals surface area contributed by atoms with E-state index in [-0.39, 0.29) is 5.78 Å². The van der Waals surface area contributed by atoms with Crippen LogP contribution in [0, 0.1) is 0 Å². The number of ketones is 1. The minimum absolute atomic E-state index is 0.260. The summed E-state index contributed by atoms with van der Waals surface area (Å²) >= 11 is 1.51. The molecule has 0 saturated heterocycles. The molecule has 7 heteroatoms. The second-order valence-corrected chi connectivity index (χ2v) is 8.33. The zero-order chi connectivity index (χ0) is 23.3. The molecule has 0 unspecified atom stereocenters. The number of thiophene rings is 1. The third-order valence-corrected chi connectivity index (χ3v) is 5.67. The van der Waals surface area contributed by atoms with Gasteiger partial charge in [-0.15, -0.1) is 11.3 Å². The summed E-state index contributed by atoms with van der Waals surface area (Å²) in [6.07, 6.45) is 3.15. The van der Waals surface area contributed by atoms with Crippen LogP contribution < -0.4 is 14.2 Å². The van der Waals surface area contributed by atoms with Crippen LogP contribution in [0.3, 0.4) is 0 Å². The van der Waals surface area contributed by atoms with E-state index in [0.29, 0.717) is 22.8 Å². The molecular formula is C25H24O6S. The summed E-state index contributed by atoms with van der Waals surface area (Å²) in [6.45, 7) is 3.00. The van der Waals surface area contributed by atoms with E-state index >= 15 is 0 Å². The Morgan fingerprint density at radius 2 is 1.66 bits per heavy atom. The van der Waals surface area contributed by atoms with Gasteiger partial charge in [0, 0.05) is 10.4 Å². The molecule has 0 aliphatic heterocycles. The van der Waals surface area contributed by atoms with Gasteiger partial charge in [0.2, 0.25) is 0 Å². The average molecular weight is 453 g/mol. The van der Waals surface area contributed by atoms with Crippen LogP contribution in [0.25, 0.3) is 16.5 Å². The van der Waals surface area contributed by atoms with Crippen molar-refractivity contribution in [2.45, 2.75) is 19.4 Å². The van der Waals surface area contributed by atoms with Crippen molar-refractivity contribution in [1.82, 2.24) is 0 Å². The topological polar surface area (TPSA) is 82.1 Å². The molecule has 6 nitrogen and oxygen atoms in total. The van der Waals surface area contributed by atoms with Gasteiger partial charge in [0.15, 0.2) is 11.4 Å². The molecule has 0 amide bonds. The molecule has 2 aromatic carbocycles. The molecule has 0 atom stereocenters. The highest BCUT2D eigenvalue weighted by molar-refractivity contribution is 7.13. The van der Waals surface area contributed by atoms with E-state index in [4.69, 9.17) is 14.2 Å². The molecule has 0 fully saturated rings. The standard InChI is InChI=1S/C25H24O6S/c1-25(2,24(27)28)31-19-13-11-16(15-17(19)22-9-6-14-32-22)10-12-18(26)23-20(29-3)7-5-8-21(23)30-4/h5-15H,1-4H3,(H,27,28). The SMILES string of the molecule is COc1cccc(OC)c1C(=O)C=Cc1ccc(OC(C)(C)C(=O)O)c(-c2cccs2)c1. The van der Waals surface area contributed by atoms with Gasteiger partial charge in [-0.3, -0.25) is 4.79 Å². The average Bonchev–Trinajstić information content (AvgIpc) is 3.32. The predicted octanol–water partition coefficient (Wildman–Crippen LogP) is 5.57. The molecule has 1 heterocycles. The summed E-state index contributed by atoms with van der Waals surface area (Å²) < 4.78 is 16.4. The molecular weight excluding hydrogens is 428 g/mol. The smallest absolute Gasteiger partial charge is 0.347 e. The Morgan fingerprint density at radius 3 is 2.22 bits per heavy atom. The molecule has 3 aromatic rings. The number of carbonyl (C=O) groups is 2. The molecule has 0 bridgehead atoms. The predicted molar refractivity (Wildman–Crippen MR) is 125 cm³/mol. The van der Waals surface area contributed by atoms with E-state index in [1.165, 1.54) is 45.5 Å². The number of ether oxygens (including phenoxy) is 3. The monoisotopic (exact) mass is 452 g/mol. The largest absolute Gasteiger partial charge is 0.496 e. The Balaban J connectivity index is 1.96. The Morgan fingerprint density at radius 1 is 0.969 bits per heavy atom. The van der Waals surface area contributed by atoms with Crippen molar-refractivity contribution >= 4 is 29.2 Å². The van der Waals surface area contributed by atoms with E-state index in [1.54, 1.807) is 36.4 Å². The van der Waals surface area contributed by atoms with Gasteiger partial charge >= 0.3 is 5.97 Å². The Bertz CT molecular complexity index is 1120. The fourth-order valence-corrected chi connectivity index (χ4v) is 3.78. The normalized spacial score (nSPS) is 11.4. The van der Waals surface area contributed by atoms with E-state index in [2.05, 4.69) is 0 Å². The second kappa shape index (κ2) is 9.70. The highest BCUT2D eigenvalue weighted by Gasteiger charge is 2.30. The van der Waals surface area contributed by atoms with Crippen LogP contribution in [0.5, 0.6) is 17.2 Å².